The molecule has 0 radical (unpaired) electrons. The lowest BCUT2D eigenvalue weighted by Gasteiger charge is -2.22. The van der Waals surface area contributed by atoms with Gasteiger partial charge in [0, 0.05) is 17.0 Å². The van der Waals surface area contributed by atoms with Crippen molar-refractivity contribution < 1.29 is 9.59 Å². The fourth-order valence-corrected chi connectivity index (χ4v) is 3.87. The van der Waals surface area contributed by atoms with E-state index in [4.69, 9.17) is 0 Å². The molecule has 1 unspecified atom stereocenters. The van der Waals surface area contributed by atoms with Crippen molar-refractivity contribution in [2.75, 3.05) is 6.54 Å². The molecule has 0 bridgehead atoms. The van der Waals surface area contributed by atoms with Gasteiger partial charge in [-0.1, -0.05) is 42.8 Å². The number of carbonyl (C=O) groups is 2. The molecule has 1 heterocycles. The Balaban J connectivity index is 1.78. The second-order valence-electron chi connectivity index (χ2n) is 5.58. The van der Waals surface area contributed by atoms with Crippen molar-refractivity contribution >= 4 is 23.6 Å². The molecule has 1 saturated heterocycles. The Kier molecular flexibility index (Phi) is 5.13. The smallest absolute Gasteiger partial charge is 0.260 e. The van der Waals surface area contributed by atoms with Crippen LogP contribution in [0.2, 0.25) is 0 Å². The molecule has 2 aromatic carbocycles. The van der Waals surface area contributed by atoms with Gasteiger partial charge in [0.15, 0.2) is 0 Å². The van der Waals surface area contributed by atoms with E-state index in [1.165, 1.54) is 4.90 Å². The Hall–Kier alpha value is -2.07. The zero-order chi connectivity index (χ0) is 16.1. The largest absolute Gasteiger partial charge is 0.278 e. The lowest BCUT2D eigenvalue weighted by Crippen LogP contribution is -2.41. The first-order valence-electron chi connectivity index (χ1n) is 7.88. The Labute approximate surface area is 140 Å². The Morgan fingerprint density at radius 2 is 1.61 bits per heavy atom. The topological polar surface area (TPSA) is 37.4 Å². The van der Waals surface area contributed by atoms with Gasteiger partial charge in [0.2, 0.25) is 5.91 Å². The fourth-order valence-electron chi connectivity index (χ4n) is 2.72. The van der Waals surface area contributed by atoms with Gasteiger partial charge >= 0.3 is 0 Å². The molecule has 1 aliphatic rings. The summed E-state index contributed by atoms with van der Waals surface area (Å²) in [4.78, 5) is 28.0. The summed E-state index contributed by atoms with van der Waals surface area (Å²) in [6.45, 7) is 0.512. The second kappa shape index (κ2) is 7.47. The molecule has 0 N–H and O–H groups in total. The van der Waals surface area contributed by atoms with E-state index in [9.17, 15) is 9.59 Å². The van der Waals surface area contributed by atoms with Crippen molar-refractivity contribution in [1.29, 1.82) is 0 Å². The van der Waals surface area contributed by atoms with Gasteiger partial charge in [-0.2, -0.15) is 0 Å². The van der Waals surface area contributed by atoms with E-state index in [1.807, 2.05) is 48.5 Å². The average Bonchev–Trinajstić information content (AvgIpc) is 2.78. The predicted molar refractivity (Wildman–Crippen MR) is 92.4 cm³/mol. The highest BCUT2D eigenvalue weighted by atomic mass is 32.2. The molecule has 2 amide bonds. The van der Waals surface area contributed by atoms with Crippen LogP contribution >= 0.6 is 11.8 Å². The van der Waals surface area contributed by atoms with Crippen molar-refractivity contribution in [3.63, 3.8) is 0 Å². The first-order valence-corrected chi connectivity index (χ1v) is 8.76. The van der Waals surface area contributed by atoms with Gasteiger partial charge in [0.25, 0.3) is 5.91 Å². The van der Waals surface area contributed by atoms with Crippen LogP contribution in [-0.4, -0.2) is 28.5 Å². The van der Waals surface area contributed by atoms with Crippen LogP contribution in [0, 0.1) is 0 Å². The summed E-state index contributed by atoms with van der Waals surface area (Å²) >= 11 is 1.56. The number of carbonyl (C=O) groups excluding carboxylic acids is 2. The third kappa shape index (κ3) is 3.82. The molecule has 4 heteroatoms. The molecule has 0 aromatic heterocycles. The molecule has 1 fully saturated rings. The minimum atomic E-state index is -0.187. The average molecular weight is 325 g/mol. The van der Waals surface area contributed by atoms with E-state index >= 15 is 0 Å². The first kappa shape index (κ1) is 15.8. The number of hydrogen-bond donors (Lipinski definition) is 0. The summed E-state index contributed by atoms with van der Waals surface area (Å²) in [5.74, 6) is -0.249. The third-order valence-electron chi connectivity index (χ3n) is 3.93. The van der Waals surface area contributed by atoms with E-state index in [2.05, 4.69) is 0 Å². The van der Waals surface area contributed by atoms with Gasteiger partial charge in [-0.05, 0) is 37.1 Å². The van der Waals surface area contributed by atoms with Gasteiger partial charge in [0.05, 0.1) is 5.25 Å². The Morgan fingerprint density at radius 1 is 0.957 bits per heavy atom. The SMILES string of the molecule is O=C(c1ccccc1)N1CCCCC(Sc2ccccc2)C1=O. The number of thioether (sulfide) groups is 1. The minimum absolute atomic E-state index is 0.0646. The van der Waals surface area contributed by atoms with Crippen molar-refractivity contribution in [3.05, 3.63) is 66.2 Å². The molecule has 23 heavy (non-hydrogen) atoms. The van der Waals surface area contributed by atoms with E-state index in [1.54, 1.807) is 23.9 Å². The van der Waals surface area contributed by atoms with Gasteiger partial charge in [-0.15, -0.1) is 11.8 Å². The van der Waals surface area contributed by atoms with Crippen molar-refractivity contribution in [2.45, 2.75) is 29.4 Å². The molecule has 3 rings (SSSR count). The summed E-state index contributed by atoms with van der Waals surface area (Å²) < 4.78 is 0. The minimum Gasteiger partial charge on any atom is -0.278 e. The van der Waals surface area contributed by atoms with E-state index in [0.717, 1.165) is 24.2 Å². The monoisotopic (exact) mass is 325 g/mol. The lowest BCUT2D eigenvalue weighted by molar-refractivity contribution is -0.127. The van der Waals surface area contributed by atoms with E-state index in [0.29, 0.717) is 12.1 Å². The van der Waals surface area contributed by atoms with Crippen LogP contribution in [0.4, 0.5) is 0 Å². The molecule has 1 atom stereocenters. The van der Waals surface area contributed by atoms with Crippen LogP contribution in [0.15, 0.2) is 65.6 Å². The van der Waals surface area contributed by atoms with Crippen molar-refractivity contribution in [2.24, 2.45) is 0 Å². The number of likely N-dealkylation sites (tertiary alicyclic amines) is 1. The highest BCUT2D eigenvalue weighted by Gasteiger charge is 2.32. The maximum atomic E-state index is 12.8. The molecular formula is C19H19NO2S. The zero-order valence-corrected chi connectivity index (χ0v) is 13.7. The third-order valence-corrected chi connectivity index (χ3v) is 5.19. The van der Waals surface area contributed by atoms with Gasteiger partial charge in [-0.25, -0.2) is 0 Å². The predicted octanol–water partition coefficient (Wildman–Crippen LogP) is 4.00. The van der Waals surface area contributed by atoms with E-state index in [-0.39, 0.29) is 17.1 Å². The molecular weight excluding hydrogens is 306 g/mol. The standard InChI is InChI=1S/C19H19NO2S/c21-18(15-9-3-1-4-10-15)20-14-8-7-13-17(19(20)22)23-16-11-5-2-6-12-16/h1-6,9-12,17H,7-8,13-14H2. The van der Waals surface area contributed by atoms with Crippen LogP contribution in [-0.2, 0) is 4.79 Å². The van der Waals surface area contributed by atoms with Crippen molar-refractivity contribution in [3.8, 4) is 0 Å². The second-order valence-corrected chi connectivity index (χ2v) is 6.85. The lowest BCUT2D eigenvalue weighted by atomic mass is 10.2. The number of hydrogen-bond acceptors (Lipinski definition) is 3. The number of imide groups is 1. The highest BCUT2D eigenvalue weighted by Crippen LogP contribution is 2.30. The Bertz CT molecular complexity index is 672. The van der Waals surface area contributed by atoms with Gasteiger partial charge in [-0.3, -0.25) is 14.5 Å². The van der Waals surface area contributed by atoms with Crippen LogP contribution in [0.1, 0.15) is 29.6 Å². The highest BCUT2D eigenvalue weighted by molar-refractivity contribution is 8.00. The van der Waals surface area contributed by atoms with Gasteiger partial charge < -0.3 is 0 Å². The molecule has 0 spiro atoms. The summed E-state index contributed by atoms with van der Waals surface area (Å²) in [7, 11) is 0. The molecule has 0 saturated carbocycles. The maximum Gasteiger partial charge on any atom is 0.260 e. The molecule has 3 nitrogen and oxygen atoms in total. The summed E-state index contributed by atoms with van der Waals surface area (Å²) in [6.07, 6.45) is 2.65. The molecule has 0 aliphatic carbocycles. The number of benzene rings is 2. The molecule has 2 aromatic rings. The summed E-state index contributed by atoms with van der Waals surface area (Å²) in [6, 6.07) is 19.0. The van der Waals surface area contributed by atoms with Gasteiger partial charge in [0.1, 0.15) is 0 Å². The van der Waals surface area contributed by atoms with Crippen molar-refractivity contribution in [1.82, 2.24) is 4.90 Å². The van der Waals surface area contributed by atoms with E-state index < -0.39 is 0 Å². The quantitative estimate of drug-likeness (QED) is 0.801. The van der Waals surface area contributed by atoms with Crippen LogP contribution < -0.4 is 0 Å². The number of amides is 2. The zero-order valence-electron chi connectivity index (χ0n) is 12.9. The summed E-state index contributed by atoms with van der Waals surface area (Å²) in [5.41, 5.74) is 0.575. The normalized spacial score (nSPS) is 18.5. The summed E-state index contributed by atoms with van der Waals surface area (Å²) in [5, 5.41) is -0.187. The van der Waals surface area contributed by atoms with Crippen LogP contribution in [0.5, 0.6) is 0 Å². The first-order chi connectivity index (χ1) is 11.3. The maximum absolute atomic E-state index is 12.8. The molecule has 118 valence electrons. The van der Waals surface area contributed by atoms with Crippen LogP contribution in [0.25, 0.3) is 0 Å². The number of rotatable bonds is 3. The Morgan fingerprint density at radius 3 is 2.30 bits per heavy atom. The molecule has 1 aliphatic heterocycles. The number of nitrogens with zero attached hydrogens (tertiary/aromatic N) is 1. The fraction of sp³-hybridized carbons (Fsp3) is 0.263. The van der Waals surface area contributed by atoms with Crippen LogP contribution in [0.3, 0.4) is 0 Å².